The molecule has 0 aliphatic carbocycles. The highest BCUT2D eigenvalue weighted by Crippen LogP contribution is 2.20. The Bertz CT molecular complexity index is 929. The Morgan fingerprint density at radius 2 is 1.62 bits per heavy atom. The van der Waals surface area contributed by atoms with Crippen LogP contribution in [0.2, 0.25) is 0 Å². The highest BCUT2D eigenvalue weighted by molar-refractivity contribution is 6.00. The van der Waals surface area contributed by atoms with Gasteiger partial charge in [-0.2, -0.15) is 0 Å². The maximum atomic E-state index is 12.4. The molecular formula is C20H22N2O7. The van der Waals surface area contributed by atoms with Crippen molar-refractivity contribution in [2.24, 2.45) is 0 Å². The van der Waals surface area contributed by atoms with Crippen LogP contribution in [-0.4, -0.2) is 49.1 Å². The van der Waals surface area contributed by atoms with Crippen molar-refractivity contribution in [1.82, 2.24) is 4.98 Å². The molecule has 0 aliphatic heterocycles. The SMILES string of the molecule is CCOC(=O)c1[nH]c(C)c(C(=O)OCC(=O)Nc2ccc(C(=O)OC)cc2)c1C. The second-order valence-electron chi connectivity index (χ2n) is 6.04. The molecule has 1 aromatic heterocycles. The number of methoxy groups -OCH3 is 1. The number of hydrogen-bond acceptors (Lipinski definition) is 7. The number of anilines is 1. The summed E-state index contributed by atoms with van der Waals surface area (Å²) in [7, 11) is 1.27. The van der Waals surface area contributed by atoms with Crippen molar-refractivity contribution in [3.63, 3.8) is 0 Å². The Balaban J connectivity index is 1.97. The molecule has 0 fully saturated rings. The Morgan fingerprint density at radius 3 is 2.21 bits per heavy atom. The van der Waals surface area contributed by atoms with E-state index < -0.39 is 30.4 Å². The van der Waals surface area contributed by atoms with Crippen LogP contribution in [0.1, 0.15) is 49.4 Å². The molecule has 0 atom stereocenters. The van der Waals surface area contributed by atoms with Gasteiger partial charge in [-0.1, -0.05) is 0 Å². The summed E-state index contributed by atoms with van der Waals surface area (Å²) < 4.78 is 14.6. The number of aromatic amines is 1. The van der Waals surface area contributed by atoms with Gasteiger partial charge in [0.15, 0.2) is 6.61 Å². The van der Waals surface area contributed by atoms with Gasteiger partial charge in [0.2, 0.25) is 0 Å². The molecule has 1 amide bonds. The second kappa shape index (κ2) is 9.54. The number of aromatic nitrogens is 1. The summed E-state index contributed by atoms with van der Waals surface area (Å²) in [5.41, 5.74) is 1.96. The number of benzene rings is 1. The van der Waals surface area contributed by atoms with E-state index in [4.69, 9.17) is 9.47 Å². The van der Waals surface area contributed by atoms with Crippen molar-refractivity contribution in [3.8, 4) is 0 Å². The van der Waals surface area contributed by atoms with E-state index >= 15 is 0 Å². The normalized spacial score (nSPS) is 10.2. The van der Waals surface area contributed by atoms with Crippen molar-refractivity contribution in [3.05, 3.63) is 52.3 Å². The summed E-state index contributed by atoms with van der Waals surface area (Å²) in [5, 5.41) is 2.55. The lowest BCUT2D eigenvalue weighted by molar-refractivity contribution is -0.119. The van der Waals surface area contributed by atoms with Crippen LogP contribution in [0.15, 0.2) is 24.3 Å². The van der Waals surface area contributed by atoms with E-state index in [1.807, 2.05) is 0 Å². The Morgan fingerprint density at radius 1 is 0.966 bits per heavy atom. The van der Waals surface area contributed by atoms with Crippen LogP contribution in [0.25, 0.3) is 0 Å². The molecular weight excluding hydrogens is 380 g/mol. The third kappa shape index (κ3) is 5.22. The van der Waals surface area contributed by atoms with Gasteiger partial charge in [-0.05, 0) is 50.6 Å². The largest absolute Gasteiger partial charge is 0.465 e. The fraction of sp³-hybridized carbons (Fsp3) is 0.300. The molecule has 1 heterocycles. The van der Waals surface area contributed by atoms with Gasteiger partial charge in [-0.25, -0.2) is 14.4 Å². The quantitative estimate of drug-likeness (QED) is 0.538. The molecule has 0 bridgehead atoms. The number of rotatable bonds is 7. The first kappa shape index (κ1) is 21.7. The Kier molecular flexibility index (Phi) is 7.13. The van der Waals surface area contributed by atoms with Gasteiger partial charge in [-0.15, -0.1) is 0 Å². The lowest BCUT2D eigenvalue weighted by atomic mass is 10.1. The third-order valence-corrected chi connectivity index (χ3v) is 4.05. The monoisotopic (exact) mass is 402 g/mol. The number of nitrogens with one attached hydrogen (secondary N) is 2. The maximum Gasteiger partial charge on any atom is 0.355 e. The van der Waals surface area contributed by atoms with E-state index in [1.165, 1.54) is 31.4 Å². The number of esters is 3. The van der Waals surface area contributed by atoms with Crippen LogP contribution >= 0.6 is 0 Å². The van der Waals surface area contributed by atoms with E-state index in [9.17, 15) is 19.2 Å². The molecule has 0 spiro atoms. The first-order valence-corrected chi connectivity index (χ1v) is 8.80. The number of ether oxygens (including phenoxy) is 3. The van der Waals surface area contributed by atoms with Crippen molar-refractivity contribution >= 4 is 29.5 Å². The molecule has 2 N–H and O–H groups in total. The fourth-order valence-corrected chi connectivity index (χ4v) is 2.67. The highest BCUT2D eigenvalue weighted by atomic mass is 16.5. The second-order valence-corrected chi connectivity index (χ2v) is 6.04. The number of amides is 1. The van der Waals surface area contributed by atoms with Crippen LogP contribution in [0.4, 0.5) is 5.69 Å². The van der Waals surface area contributed by atoms with Gasteiger partial charge in [0.05, 0.1) is 24.8 Å². The molecule has 0 radical (unpaired) electrons. The molecule has 9 nitrogen and oxygen atoms in total. The minimum atomic E-state index is -0.733. The molecule has 0 saturated carbocycles. The molecule has 9 heteroatoms. The van der Waals surface area contributed by atoms with Gasteiger partial charge in [0.1, 0.15) is 5.69 Å². The summed E-state index contributed by atoms with van der Waals surface area (Å²) in [4.78, 5) is 50.5. The van der Waals surface area contributed by atoms with E-state index in [2.05, 4.69) is 15.0 Å². The van der Waals surface area contributed by atoms with E-state index in [0.29, 0.717) is 22.5 Å². The van der Waals surface area contributed by atoms with Crippen molar-refractivity contribution in [2.75, 3.05) is 25.6 Å². The number of aryl methyl sites for hydroxylation is 1. The fourth-order valence-electron chi connectivity index (χ4n) is 2.67. The van der Waals surface area contributed by atoms with Crippen molar-refractivity contribution in [2.45, 2.75) is 20.8 Å². The van der Waals surface area contributed by atoms with Crippen molar-refractivity contribution < 1.29 is 33.4 Å². The number of carbonyl (C=O) groups excluding carboxylic acids is 4. The molecule has 29 heavy (non-hydrogen) atoms. The van der Waals surface area contributed by atoms with Gasteiger partial charge in [0, 0.05) is 11.4 Å². The molecule has 154 valence electrons. The van der Waals surface area contributed by atoms with E-state index in [1.54, 1.807) is 20.8 Å². The zero-order chi connectivity index (χ0) is 21.6. The average molecular weight is 402 g/mol. The van der Waals surface area contributed by atoms with Crippen LogP contribution in [-0.2, 0) is 19.0 Å². The zero-order valence-electron chi connectivity index (χ0n) is 16.6. The summed E-state index contributed by atoms with van der Waals surface area (Å²) in [6, 6.07) is 6.05. The predicted octanol–water partition coefficient (Wildman–Crippen LogP) is 2.39. The average Bonchev–Trinajstić information content (AvgIpc) is 3.00. The Hall–Kier alpha value is -3.62. The molecule has 0 saturated heterocycles. The maximum absolute atomic E-state index is 12.4. The van der Waals surface area contributed by atoms with Crippen LogP contribution < -0.4 is 5.32 Å². The summed E-state index contributed by atoms with van der Waals surface area (Å²) in [6.45, 7) is 4.58. The van der Waals surface area contributed by atoms with E-state index in [0.717, 1.165) is 0 Å². The first-order chi connectivity index (χ1) is 13.8. The van der Waals surface area contributed by atoms with Gasteiger partial charge >= 0.3 is 17.9 Å². The van der Waals surface area contributed by atoms with Gasteiger partial charge in [0.25, 0.3) is 5.91 Å². The van der Waals surface area contributed by atoms with Crippen LogP contribution in [0, 0.1) is 13.8 Å². The minimum absolute atomic E-state index is 0.173. The summed E-state index contributed by atoms with van der Waals surface area (Å²) >= 11 is 0. The standard InChI is InChI=1S/C20H22N2O7/c1-5-28-20(26)17-11(2)16(12(3)21-17)19(25)29-10-15(23)22-14-8-6-13(7-9-14)18(24)27-4/h6-9,21H,5,10H2,1-4H3,(H,22,23). The highest BCUT2D eigenvalue weighted by Gasteiger charge is 2.24. The van der Waals surface area contributed by atoms with Crippen molar-refractivity contribution in [1.29, 1.82) is 0 Å². The molecule has 1 aromatic carbocycles. The summed E-state index contributed by atoms with van der Waals surface area (Å²) in [5.74, 6) is -2.35. The Labute approximate surface area is 167 Å². The van der Waals surface area contributed by atoms with Gasteiger partial charge < -0.3 is 24.5 Å². The zero-order valence-corrected chi connectivity index (χ0v) is 16.6. The van der Waals surface area contributed by atoms with Crippen LogP contribution in [0.3, 0.4) is 0 Å². The predicted molar refractivity (Wildman–Crippen MR) is 103 cm³/mol. The molecule has 0 aliphatic rings. The molecule has 2 rings (SSSR count). The smallest absolute Gasteiger partial charge is 0.355 e. The summed E-state index contributed by atoms with van der Waals surface area (Å²) in [6.07, 6.45) is 0. The van der Waals surface area contributed by atoms with E-state index in [-0.39, 0.29) is 17.9 Å². The lowest BCUT2D eigenvalue weighted by Gasteiger charge is -2.08. The number of H-pyrrole nitrogens is 1. The molecule has 0 unspecified atom stereocenters. The number of carbonyl (C=O) groups is 4. The van der Waals surface area contributed by atoms with Gasteiger partial charge in [-0.3, -0.25) is 4.79 Å². The van der Waals surface area contributed by atoms with Crippen LogP contribution in [0.5, 0.6) is 0 Å². The number of hydrogen-bond donors (Lipinski definition) is 2. The minimum Gasteiger partial charge on any atom is -0.465 e. The topological polar surface area (TPSA) is 124 Å². The lowest BCUT2D eigenvalue weighted by Crippen LogP contribution is -2.21. The molecule has 2 aromatic rings. The third-order valence-electron chi connectivity index (χ3n) is 4.05. The first-order valence-electron chi connectivity index (χ1n) is 8.80.